The van der Waals surface area contributed by atoms with Crippen LogP contribution in [0.25, 0.3) is 0 Å². The molecule has 9 nitrogen and oxygen atoms in total. The van der Waals surface area contributed by atoms with Gasteiger partial charge in [-0.3, -0.25) is 14.4 Å². The summed E-state index contributed by atoms with van der Waals surface area (Å²) < 4.78 is 10.6. The Morgan fingerprint density at radius 1 is 1.09 bits per heavy atom. The molecule has 0 heterocycles. The van der Waals surface area contributed by atoms with Gasteiger partial charge in [-0.2, -0.15) is 0 Å². The number of fused-ring (bicyclic) bond motifs is 1. The standard InChI is InChI=1S/C25H30N4O5/c1-29(2)22(30)15-33-23(31)13-8-16-6-11-19(12-7-16)34-24(32)20-5-3-4-17-9-10-18(14-21(17)20)28-25(26)27/h6-7,9-12,14,20H,3-5,8,13,15H2,1-2H3,(H4,26,27,28). The van der Waals surface area contributed by atoms with E-state index < -0.39 is 11.9 Å². The molecular formula is C25H30N4O5. The van der Waals surface area contributed by atoms with E-state index in [4.69, 9.17) is 20.9 Å². The van der Waals surface area contributed by atoms with Gasteiger partial charge in [0.2, 0.25) is 0 Å². The van der Waals surface area contributed by atoms with E-state index in [9.17, 15) is 14.4 Å². The largest absolute Gasteiger partial charge is 0.456 e. The summed E-state index contributed by atoms with van der Waals surface area (Å²) in [5.74, 6) is -1.04. The topological polar surface area (TPSA) is 137 Å². The number of benzene rings is 2. The van der Waals surface area contributed by atoms with Crippen LogP contribution in [0.4, 0.5) is 5.69 Å². The number of aryl methyl sites for hydroxylation is 2. The molecule has 0 saturated carbocycles. The minimum Gasteiger partial charge on any atom is -0.456 e. The Balaban J connectivity index is 1.57. The molecule has 0 aliphatic heterocycles. The van der Waals surface area contributed by atoms with Crippen LogP contribution < -0.4 is 16.2 Å². The van der Waals surface area contributed by atoms with E-state index in [1.165, 1.54) is 4.90 Å². The van der Waals surface area contributed by atoms with Gasteiger partial charge in [-0.15, -0.1) is 0 Å². The molecule has 0 radical (unpaired) electrons. The summed E-state index contributed by atoms with van der Waals surface area (Å²) in [7, 11) is 3.20. The highest BCUT2D eigenvalue weighted by Crippen LogP contribution is 2.35. The number of aliphatic imine (C=N–C) groups is 1. The zero-order chi connectivity index (χ0) is 24.7. The number of carbonyl (C=O) groups is 3. The Bertz CT molecular complexity index is 1080. The molecule has 180 valence electrons. The monoisotopic (exact) mass is 466 g/mol. The molecule has 1 aliphatic rings. The second kappa shape index (κ2) is 11.3. The van der Waals surface area contributed by atoms with Crippen molar-refractivity contribution in [1.82, 2.24) is 4.90 Å². The van der Waals surface area contributed by atoms with E-state index in [1.54, 1.807) is 38.4 Å². The maximum atomic E-state index is 12.9. The molecule has 3 rings (SSSR count). The molecule has 2 aromatic carbocycles. The fraction of sp³-hybridized carbons (Fsp3) is 0.360. The van der Waals surface area contributed by atoms with E-state index in [0.29, 0.717) is 24.3 Å². The van der Waals surface area contributed by atoms with E-state index in [-0.39, 0.29) is 30.9 Å². The number of likely N-dealkylation sites (N-methyl/N-ethyl adjacent to an activating group) is 1. The maximum absolute atomic E-state index is 12.9. The van der Waals surface area contributed by atoms with Gasteiger partial charge in [0.1, 0.15) is 5.75 Å². The van der Waals surface area contributed by atoms with Crippen molar-refractivity contribution in [2.75, 3.05) is 20.7 Å². The van der Waals surface area contributed by atoms with E-state index in [2.05, 4.69) is 4.99 Å². The SMILES string of the molecule is CN(C)C(=O)COC(=O)CCc1ccc(OC(=O)C2CCCc3ccc(N=C(N)N)cc32)cc1. The van der Waals surface area contributed by atoms with Crippen molar-refractivity contribution in [2.24, 2.45) is 16.5 Å². The highest BCUT2D eigenvalue weighted by molar-refractivity contribution is 5.83. The second-order valence-corrected chi connectivity index (χ2v) is 8.38. The van der Waals surface area contributed by atoms with Crippen molar-refractivity contribution in [3.63, 3.8) is 0 Å². The lowest BCUT2D eigenvalue weighted by Gasteiger charge is -2.24. The molecule has 2 aromatic rings. The van der Waals surface area contributed by atoms with Crippen LogP contribution in [-0.4, -0.2) is 49.4 Å². The highest BCUT2D eigenvalue weighted by Gasteiger charge is 2.28. The number of nitrogens with zero attached hydrogens (tertiary/aromatic N) is 2. The average Bonchev–Trinajstić information content (AvgIpc) is 2.81. The van der Waals surface area contributed by atoms with Crippen LogP contribution in [-0.2, 0) is 32.0 Å². The van der Waals surface area contributed by atoms with Gasteiger partial charge in [0.25, 0.3) is 5.91 Å². The quantitative estimate of drug-likeness (QED) is 0.263. The Morgan fingerprint density at radius 3 is 2.50 bits per heavy atom. The van der Waals surface area contributed by atoms with Crippen molar-refractivity contribution < 1.29 is 23.9 Å². The molecule has 1 aliphatic carbocycles. The first-order valence-corrected chi connectivity index (χ1v) is 11.1. The number of amides is 1. The molecule has 9 heteroatoms. The van der Waals surface area contributed by atoms with Crippen molar-refractivity contribution in [3.05, 3.63) is 59.2 Å². The molecule has 1 atom stereocenters. The lowest BCUT2D eigenvalue weighted by molar-refractivity contribution is -0.151. The fourth-order valence-corrected chi connectivity index (χ4v) is 3.75. The van der Waals surface area contributed by atoms with Crippen molar-refractivity contribution in [2.45, 2.75) is 38.0 Å². The van der Waals surface area contributed by atoms with Crippen LogP contribution >= 0.6 is 0 Å². The molecule has 0 bridgehead atoms. The number of esters is 2. The van der Waals surface area contributed by atoms with Gasteiger partial charge in [0, 0.05) is 20.5 Å². The van der Waals surface area contributed by atoms with Crippen LogP contribution in [0.5, 0.6) is 5.75 Å². The van der Waals surface area contributed by atoms with Gasteiger partial charge in [0.05, 0.1) is 11.6 Å². The fourth-order valence-electron chi connectivity index (χ4n) is 3.75. The first kappa shape index (κ1) is 24.8. The maximum Gasteiger partial charge on any atom is 0.318 e. The van der Waals surface area contributed by atoms with Gasteiger partial charge < -0.3 is 25.8 Å². The van der Waals surface area contributed by atoms with Gasteiger partial charge in [-0.1, -0.05) is 18.2 Å². The Labute approximate surface area is 198 Å². The Kier molecular flexibility index (Phi) is 8.24. The minimum atomic E-state index is -0.443. The summed E-state index contributed by atoms with van der Waals surface area (Å²) in [6.07, 6.45) is 3.07. The molecule has 0 aromatic heterocycles. The van der Waals surface area contributed by atoms with E-state index >= 15 is 0 Å². The van der Waals surface area contributed by atoms with Crippen LogP contribution in [0.15, 0.2) is 47.5 Å². The van der Waals surface area contributed by atoms with Gasteiger partial charge >= 0.3 is 11.9 Å². The molecule has 0 fully saturated rings. The number of rotatable bonds is 8. The summed E-state index contributed by atoms with van der Waals surface area (Å²) >= 11 is 0. The third-order valence-corrected chi connectivity index (χ3v) is 5.60. The summed E-state index contributed by atoms with van der Waals surface area (Å²) in [5, 5.41) is 0. The highest BCUT2D eigenvalue weighted by atomic mass is 16.5. The number of ether oxygens (including phenoxy) is 2. The van der Waals surface area contributed by atoms with Crippen molar-refractivity contribution >= 4 is 29.5 Å². The van der Waals surface area contributed by atoms with Crippen LogP contribution in [0.2, 0.25) is 0 Å². The normalized spacial score (nSPS) is 14.5. The lowest BCUT2D eigenvalue weighted by atomic mass is 9.82. The summed E-state index contributed by atoms with van der Waals surface area (Å²) in [5.41, 5.74) is 14.4. The van der Waals surface area contributed by atoms with Gasteiger partial charge in [-0.25, -0.2) is 4.99 Å². The van der Waals surface area contributed by atoms with Crippen molar-refractivity contribution in [3.8, 4) is 5.75 Å². The number of hydrogen-bond acceptors (Lipinski definition) is 6. The summed E-state index contributed by atoms with van der Waals surface area (Å²) in [4.78, 5) is 41.7. The van der Waals surface area contributed by atoms with Crippen molar-refractivity contribution in [1.29, 1.82) is 0 Å². The van der Waals surface area contributed by atoms with Gasteiger partial charge in [0.15, 0.2) is 12.6 Å². The van der Waals surface area contributed by atoms with Gasteiger partial charge in [-0.05, 0) is 66.6 Å². The third-order valence-electron chi connectivity index (χ3n) is 5.60. The first-order valence-electron chi connectivity index (χ1n) is 11.1. The summed E-state index contributed by atoms with van der Waals surface area (Å²) in [6, 6.07) is 12.6. The van der Waals surface area contributed by atoms with Crippen LogP contribution in [0, 0.1) is 0 Å². The smallest absolute Gasteiger partial charge is 0.318 e. The molecule has 4 N–H and O–H groups in total. The number of carbonyl (C=O) groups excluding carboxylic acids is 3. The predicted octanol–water partition coefficient (Wildman–Crippen LogP) is 2.18. The van der Waals surface area contributed by atoms with E-state index in [1.807, 2.05) is 18.2 Å². The van der Waals surface area contributed by atoms with Crippen LogP contribution in [0.3, 0.4) is 0 Å². The number of nitrogens with two attached hydrogens (primary N) is 2. The predicted molar refractivity (Wildman–Crippen MR) is 128 cm³/mol. The molecule has 1 unspecified atom stereocenters. The molecule has 1 amide bonds. The molecular weight excluding hydrogens is 436 g/mol. The minimum absolute atomic E-state index is 0.0368. The number of hydrogen-bond donors (Lipinski definition) is 2. The molecule has 0 saturated heterocycles. The first-order chi connectivity index (χ1) is 16.2. The molecule has 34 heavy (non-hydrogen) atoms. The second-order valence-electron chi connectivity index (χ2n) is 8.38. The average molecular weight is 467 g/mol. The third kappa shape index (κ3) is 6.81. The van der Waals surface area contributed by atoms with E-state index in [0.717, 1.165) is 29.5 Å². The molecule has 0 spiro atoms. The number of guanidine groups is 1. The van der Waals surface area contributed by atoms with Crippen LogP contribution in [0.1, 0.15) is 41.9 Å². The Hall–Kier alpha value is -3.88. The Morgan fingerprint density at radius 2 is 1.82 bits per heavy atom. The lowest BCUT2D eigenvalue weighted by Crippen LogP contribution is -2.27. The summed E-state index contributed by atoms with van der Waals surface area (Å²) in [6.45, 7) is -0.265. The zero-order valence-electron chi connectivity index (χ0n) is 19.5. The zero-order valence-corrected chi connectivity index (χ0v) is 19.5.